The lowest BCUT2D eigenvalue weighted by Gasteiger charge is -2.16. The Balaban J connectivity index is 2.23. The molecule has 0 N–H and O–H groups in total. The summed E-state index contributed by atoms with van der Waals surface area (Å²) < 4.78 is 3.17. The van der Waals surface area contributed by atoms with Gasteiger partial charge in [-0.1, -0.05) is 30.3 Å². The van der Waals surface area contributed by atoms with Crippen molar-refractivity contribution in [2.24, 2.45) is 0 Å². The lowest BCUT2D eigenvalue weighted by molar-refractivity contribution is 0.534. The highest BCUT2D eigenvalue weighted by Gasteiger charge is 2.14. The first-order valence-corrected chi connectivity index (χ1v) is 7.41. The predicted molar refractivity (Wildman–Crippen MR) is 82.4 cm³/mol. The van der Waals surface area contributed by atoms with E-state index in [-0.39, 0.29) is 0 Å². The second kappa shape index (κ2) is 5.93. The summed E-state index contributed by atoms with van der Waals surface area (Å²) in [5, 5.41) is 4.56. The third-order valence-corrected chi connectivity index (χ3v) is 4.77. The van der Waals surface area contributed by atoms with E-state index >= 15 is 0 Å². The van der Waals surface area contributed by atoms with Crippen LogP contribution in [0.1, 0.15) is 22.9 Å². The van der Waals surface area contributed by atoms with Crippen molar-refractivity contribution in [3.8, 4) is 0 Å². The number of hydrogen-bond acceptors (Lipinski definition) is 2. The van der Waals surface area contributed by atoms with Gasteiger partial charge in [0, 0.05) is 18.2 Å². The van der Waals surface area contributed by atoms with Crippen LogP contribution in [0.15, 0.2) is 34.8 Å². The molecule has 2 aromatic rings. The molecule has 0 aliphatic rings. The Morgan fingerprint density at radius 2 is 1.94 bits per heavy atom. The number of aryl methyl sites for hydroxylation is 1. The molecular weight excluding hydrogens is 308 g/mol. The van der Waals surface area contributed by atoms with Gasteiger partial charge in [0.1, 0.15) is 0 Å². The van der Waals surface area contributed by atoms with Crippen LogP contribution in [0.3, 0.4) is 0 Å². The van der Waals surface area contributed by atoms with Crippen LogP contribution < -0.4 is 0 Å². The first-order valence-electron chi connectivity index (χ1n) is 5.98. The van der Waals surface area contributed by atoms with E-state index in [1.165, 1.54) is 11.3 Å². The highest BCUT2D eigenvalue weighted by Crippen LogP contribution is 2.24. The van der Waals surface area contributed by atoms with E-state index in [0.29, 0.717) is 5.92 Å². The monoisotopic (exact) mass is 324 g/mol. The van der Waals surface area contributed by atoms with Crippen molar-refractivity contribution in [2.75, 3.05) is 5.75 Å². The van der Waals surface area contributed by atoms with Crippen LogP contribution in [0.5, 0.6) is 0 Å². The molecule has 0 saturated heterocycles. The smallest absolute Gasteiger partial charge is 0.0738 e. The van der Waals surface area contributed by atoms with Crippen molar-refractivity contribution < 1.29 is 0 Å². The number of benzene rings is 1. The Morgan fingerprint density at radius 3 is 2.44 bits per heavy atom. The van der Waals surface area contributed by atoms with Gasteiger partial charge in [0.05, 0.1) is 10.2 Å². The summed E-state index contributed by atoms with van der Waals surface area (Å²) in [5.74, 6) is 1.21. The van der Waals surface area contributed by atoms with Gasteiger partial charge in [0.25, 0.3) is 0 Å². The van der Waals surface area contributed by atoms with E-state index in [4.69, 9.17) is 0 Å². The molecule has 1 aromatic carbocycles. The van der Waals surface area contributed by atoms with Crippen molar-refractivity contribution in [1.82, 2.24) is 9.78 Å². The molecule has 0 amide bonds. The van der Waals surface area contributed by atoms with Crippen LogP contribution in [0, 0.1) is 13.8 Å². The Kier molecular flexibility index (Phi) is 4.51. The standard InChI is InChI=1S/C14H17BrN2S/c1-10-14(15)11(2)17(16-10)8-13(9-18)12-6-4-3-5-7-12/h3-7,13,18H,8-9H2,1-2H3. The summed E-state index contributed by atoms with van der Waals surface area (Å²) in [6.45, 7) is 4.97. The Morgan fingerprint density at radius 1 is 1.28 bits per heavy atom. The van der Waals surface area contributed by atoms with Gasteiger partial charge in [-0.2, -0.15) is 17.7 Å². The van der Waals surface area contributed by atoms with E-state index in [0.717, 1.165) is 22.5 Å². The largest absolute Gasteiger partial charge is 0.268 e. The lowest BCUT2D eigenvalue weighted by atomic mass is 10.0. The average molecular weight is 325 g/mol. The molecule has 1 unspecified atom stereocenters. The molecule has 0 aliphatic heterocycles. The third-order valence-electron chi connectivity index (χ3n) is 3.18. The molecule has 1 heterocycles. The predicted octanol–water partition coefficient (Wildman–Crippen LogP) is 3.98. The molecule has 1 aromatic heterocycles. The number of nitrogens with zero attached hydrogens (tertiary/aromatic N) is 2. The van der Waals surface area contributed by atoms with Gasteiger partial charge in [-0.25, -0.2) is 0 Å². The highest BCUT2D eigenvalue weighted by atomic mass is 79.9. The van der Waals surface area contributed by atoms with E-state index in [9.17, 15) is 0 Å². The van der Waals surface area contributed by atoms with Crippen molar-refractivity contribution in [2.45, 2.75) is 26.3 Å². The number of aromatic nitrogens is 2. The molecule has 2 rings (SSSR count). The molecule has 1 atom stereocenters. The molecule has 0 bridgehead atoms. The maximum Gasteiger partial charge on any atom is 0.0738 e. The lowest BCUT2D eigenvalue weighted by Crippen LogP contribution is -2.13. The molecule has 0 spiro atoms. The Hall–Kier alpha value is -0.740. The van der Waals surface area contributed by atoms with Crippen LogP contribution in [-0.2, 0) is 6.54 Å². The topological polar surface area (TPSA) is 17.8 Å². The fraction of sp³-hybridized carbons (Fsp3) is 0.357. The van der Waals surface area contributed by atoms with Crippen LogP contribution >= 0.6 is 28.6 Å². The quantitative estimate of drug-likeness (QED) is 0.842. The Bertz CT molecular complexity index is 522. The Labute approximate surface area is 122 Å². The van der Waals surface area contributed by atoms with Gasteiger partial charge < -0.3 is 0 Å². The summed E-state index contributed by atoms with van der Waals surface area (Å²) in [4.78, 5) is 0. The number of thiol groups is 1. The van der Waals surface area contributed by atoms with Gasteiger partial charge in [0.15, 0.2) is 0 Å². The minimum Gasteiger partial charge on any atom is -0.268 e. The molecule has 0 fully saturated rings. The first-order chi connectivity index (χ1) is 8.63. The molecule has 0 aliphatic carbocycles. The van der Waals surface area contributed by atoms with Crippen molar-refractivity contribution in [3.05, 3.63) is 51.8 Å². The van der Waals surface area contributed by atoms with Gasteiger partial charge in [-0.05, 0) is 41.1 Å². The SMILES string of the molecule is Cc1nn(CC(CS)c2ccccc2)c(C)c1Br. The van der Waals surface area contributed by atoms with E-state index < -0.39 is 0 Å². The van der Waals surface area contributed by atoms with Crippen molar-refractivity contribution in [3.63, 3.8) is 0 Å². The maximum absolute atomic E-state index is 4.56. The van der Waals surface area contributed by atoms with Gasteiger partial charge in [-0.3, -0.25) is 4.68 Å². The normalized spacial score (nSPS) is 12.7. The zero-order chi connectivity index (χ0) is 13.1. The molecule has 96 valence electrons. The fourth-order valence-corrected chi connectivity index (χ4v) is 2.67. The van der Waals surface area contributed by atoms with Gasteiger partial charge in [0.2, 0.25) is 0 Å². The summed E-state index contributed by atoms with van der Waals surface area (Å²) in [5.41, 5.74) is 3.53. The fourth-order valence-electron chi connectivity index (χ4n) is 2.06. The molecule has 0 saturated carbocycles. The molecular formula is C14H17BrN2S. The molecule has 2 nitrogen and oxygen atoms in total. The first kappa shape index (κ1) is 13.7. The van der Waals surface area contributed by atoms with E-state index in [1.807, 2.05) is 13.0 Å². The zero-order valence-electron chi connectivity index (χ0n) is 10.6. The second-order valence-electron chi connectivity index (χ2n) is 4.46. The number of hydrogen-bond donors (Lipinski definition) is 1. The number of rotatable bonds is 4. The second-order valence-corrected chi connectivity index (χ2v) is 5.62. The molecule has 4 heteroatoms. The van der Waals surface area contributed by atoms with Crippen LogP contribution in [0.25, 0.3) is 0 Å². The zero-order valence-corrected chi connectivity index (χ0v) is 13.1. The minimum absolute atomic E-state index is 0.388. The summed E-state index contributed by atoms with van der Waals surface area (Å²) in [7, 11) is 0. The van der Waals surface area contributed by atoms with Gasteiger partial charge >= 0.3 is 0 Å². The summed E-state index contributed by atoms with van der Waals surface area (Å²) in [6, 6.07) is 10.5. The van der Waals surface area contributed by atoms with Crippen molar-refractivity contribution in [1.29, 1.82) is 0 Å². The van der Waals surface area contributed by atoms with Crippen LogP contribution in [-0.4, -0.2) is 15.5 Å². The van der Waals surface area contributed by atoms with E-state index in [2.05, 4.69) is 69.5 Å². The maximum atomic E-state index is 4.56. The summed E-state index contributed by atoms with van der Waals surface area (Å²) >= 11 is 8.04. The highest BCUT2D eigenvalue weighted by molar-refractivity contribution is 9.10. The van der Waals surface area contributed by atoms with E-state index in [1.54, 1.807) is 0 Å². The summed E-state index contributed by atoms with van der Waals surface area (Å²) in [6.07, 6.45) is 0. The van der Waals surface area contributed by atoms with Crippen molar-refractivity contribution >= 4 is 28.6 Å². The van der Waals surface area contributed by atoms with Crippen LogP contribution in [0.2, 0.25) is 0 Å². The number of halogens is 1. The van der Waals surface area contributed by atoms with Crippen LogP contribution in [0.4, 0.5) is 0 Å². The minimum atomic E-state index is 0.388. The molecule has 0 radical (unpaired) electrons. The van der Waals surface area contributed by atoms with Gasteiger partial charge in [-0.15, -0.1) is 0 Å². The third kappa shape index (κ3) is 2.81. The average Bonchev–Trinajstić information content (AvgIpc) is 2.64. The molecule has 18 heavy (non-hydrogen) atoms.